The van der Waals surface area contributed by atoms with Gasteiger partial charge in [0.15, 0.2) is 0 Å². The number of aliphatic hydroxyl groups is 1. The second-order valence-electron chi connectivity index (χ2n) is 3.07. The number of nitrogens with one attached hydrogen (secondary N) is 1. The molecule has 0 radical (unpaired) electrons. The Bertz CT molecular complexity index is 250. The fourth-order valence-electron chi connectivity index (χ4n) is 0.982. The minimum atomic E-state index is -0.207. The molecule has 0 aromatic carbocycles. The second-order valence-corrected chi connectivity index (χ2v) is 5.36. The van der Waals surface area contributed by atoms with Crippen LogP contribution in [0.2, 0.25) is 0 Å². The molecule has 0 amide bonds. The van der Waals surface area contributed by atoms with Crippen molar-refractivity contribution in [3.63, 3.8) is 0 Å². The van der Waals surface area contributed by atoms with Crippen LogP contribution in [-0.4, -0.2) is 17.8 Å². The number of thiophene rings is 1. The Kier molecular flexibility index (Phi) is 4.94. The Labute approximate surface area is 91.1 Å². The molecular weight excluding hydrogens is 250 g/mol. The van der Waals surface area contributed by atoms with Gasteiger partial charge in [-0.2, -0.15) is 0 Å². The summed E-state index contributed by atoms with van der Waals surface area (Å²) in [6.45, 7) is 3.56. The van der Waals surface area contributed by atoms with Crippen molar-refractivity contribution in [1.29, 1.82) is 0 Å². The molecule has 0 saturated carbocycles. The highest BCUT2D eigenvalue weighted by Gasteiger charge is 1.97. The highest BCUT2D eigenvalue weighted by Crippen LogP contribution is 2.20. The summed E-state index contributed by atoms with van der Waals surface area (Å²) < 4.78 is 1.17. The quantitative estimate of drug-likeness (QED) is 0.800. The molecule has 0 bridgehead atoms. The van der Waals surface area contributed by atoms with Gasteiger partial charge in [-0.05, 0) is 52.8 Å². The van der Waals surface area contributed by atoms with Crippen LogP contribution in [0.15, 0.2) is 15.2 Å². The summed E-state index contributed by atoms with van der Waals surface area (Å²) in [5.41, 5.74) is 1.29. The molecule has 0 spiro atoms. The lowest BCUT2D eigenvalue weighted by Gasteiger charge is -2.04. The Morgan fingerprint density at radius 3 is 3.00 bits per heavy atom. The predicted octanol–water partition coefficient (Wildman–Crippen LogP) is 2.37. The van der Waals surface area contributed by atoms with E-state index in [9.17, 15) is 0 Å². The normalized spacial score (nSPS) is 13.2. The zero-order chi connectivity index (χ0) is 9.68. The molecule has 74 valence electrons. The Balaban J connectivity index is 2.13. The Morgan fingerprint density at radius 2 is 2.46 bits per heavy atom. The molecular formula is C9H14BrNOS. The monoisotopic (exact) mass is 263 g/mol. The molecule has 4 heteroatoms. The van der Waals surface area contributed by atoms with Crippen molar-refractivity contribution in [2.24, 2.45) is 0 Å². The highest BCUT2D eigenvalue weighted by molar-refractivity contribution is 9.11. The predicted molar refractivity (Wildman–Crippen MR) is 60.0 cm³/mol. The van der Waals surface area contributed by atoms with Gasteiger partial charge in [0.2, 0.25) is 0 Å². The highest BCUT2D eigenvalue weighted by atomic mass is 79.9. The summed E-state index contributed by atoms with van der Waals surface area (Å²) in [5, 5.41) is 14.4. The van der Waals surface area contributed by atoms with Crippen LogP contribution < -0.4 is 5.32 Å². The summed E-state index contributed by atoms with van der Waals surface area (Å²) in [7, 11) is 0. The first-order chi connectivity index (χ1) is 6.18. The lowest BCUT2D eigenvalue weighted by atomic mass is 10.3. The van der Waals surface area contributed by atoms with Gasteiger partial charge < -0.3 is 10.4 Å². The maximum atomic E-state index is 9.01. The van der Waals surface area contributed by atoms with E-state index in [4.69, 9.17) is 5.11 Å². The van der Waals surface area contributed by atoms with E-state index in [2.05, 4.69) is 32.7 Å². The van der Waals surface area contributed by atoms with Crippen molar-refractivity contribution in [3.8, 4) is 0 Å². The van der Waals surface area contributed by atoms with Crippen LogP contribution in [0, 0.1) is 0 Å². The second kappa shape index (κ2) is 5.75. The van der Waals surface area contributed by atoms with E-state index in [1.165, 1.54) is 9.35 Å². The van der Waals surface area contributed by atoms with Gasteiger partial charge in [-0.3, -0.25) is 0 Å². The van der Waals surface area contributed by atoms with Crippen molar-refractivity contribution >= 4 is 27.3 Å². The molecule has 0 aliphatic rings. The van der Waals surface area contributed by atoms with Gasteiger partial charge in [0.05, 0.1) is 9.89 Å². The molecule has 0 aliphatic carbocycles. The SMILES string of the molecule is CC(O)CCNCc1csc(Br)c1. The summed E-state index contributed by atoms with van der Waals surface area (Å²) in [6, 6.07) is 2.11. The molecule has 1 rings (SSSR count). The van der Waals surface area contributed by atoms with Crippen molar-refractivity contribution in [2.75, 3.05) is 6.54 Å². The van der Waals surface area contributed by atoms with E-state index in [0.29, 0.717) is 0 Å². The number of hydrogen-bond acceptors (Lipinski definition) is 3. The molecule has 1 unspecified atom stereocenters. The van der Waals surface area contributed by atoms with Gasteiger partial charge in [-0.15, -0.1) is 11.3 Å². The molecule has 13 heavy (non-hydrogen) atoms. The van der Waals surface area contributed by atoms with Crippen molar-refractivity contribution in [1.82, 2.24) is 5.32 Å². The largest absolute Gasteiger partial charge is 0.393 e. The van der Waals surface area contributed by atoms with E-state index < -0.39 is 0 Å². The lowest BCUT2D eigenvalue weighted by Crippen LogP contribution is -2.18. The number of rotatable bonds is 5. The molecule has 1 heterocycles. The molecule has 1 aromatic rings. The van der Waals surface area contributed by atoms with E-state index in [1.807, 2.05) is 6.92 Å². The van der Waals surface area contributed by atoms with Crippen LogP contribution in [-0.2, 0) is 6.54 Å². The number of halogens is 1. The van der Waals surface area contributed by atoms with Gasteiger partial charge >= 0.3 is 0 Å². The molecule has 1 atom stereocenters. The third-order valence-corrected chi connectivity index (χ3v) is 3.24. The zero-order valence-corrected chi connectivity index (χ0v) is 9.99. The van der Waals surface area contributed by atoms with Crippen molar-refractivity contribution in [2.45, 2.75) is 26.0 Å². The first kappa shape index (κ1) is 11.2. The van der Waals surface area contributed by atoms with E-state index in [1.54, 1.807) is 11.3 Å². The number of hydrogen-bond donors (Lipinski definition) is 2. The molecule has 1 aromatic heterocycles. The van der Waals surface area contributed by atoms with Crippen molar-refractivity contribution < 1.29 is 5.11 Å². The maximum absolute atomic E-state index is 9.01. The summed E-state index contributed by atoms with van der Waals surface area (Å²) in [4.78, 5) is 0. The fourth-order valence-corrected chi connectivity index (χ4v) is 2.19. The average molecular weight is 264 g/mol. The number of aliphatic hydroxyl groups excluding tert-OH is 1. The minimum absolute atomic E-state index is 0.207. The summed E-state index contributed by atoms with van der Waals surface area (Å²) >= 11 is 5.11. The van der Waals surface area contributed by atoms with E-state index in [-0.39, 0.29) is 6.10 Å². The van der Waals surface area contributed by atoms with E-state index >= 15 is 0 Å². The Hall–Kier alpha value is 0.100. The Morgan fingerprint density at radius 1 is 1.69 bits per heavy atom. The molecule has 0 fully saturated rings. The first-order valence-corrected chi connectivity index (χ1v) is 5.97. The van der Waals surface area contributed by atoms with Gasteiger partial charge in [-0.1, -0.05) is 0 Å². The van der Waals surface area contributed by atoms with Crippen LogP contribution in [0.5, 0.6) is 0 Å². The van der Waals surface area contributed by atoms with Crippen molar-refractivity contribution in [3.05, 3.63) is 20.8 Å². The smallest absolute Gasteiger partial charge is 0.0701 e. The van der Waals surface area contributed by atoms with Gasteiger partial charge in [0, 0.05) is 6.54 Å². The van der Waals surface area contributed by atoms with Gasteiger partial charge in [0.1, 0.15) is 0 Å². The molecule has 2 N–H and O–H groups in total. The van der Waals surface area contributed by atoms with Crippen LogP contribution in [0.3, 0.4) is 0 Å². The fraction of sp³-hybridized carbons (Fsp3) is 0.556. The van der Waals surface area contributed by atoms with Gasteiger partial charge in [0.25, 0.3) is 0 Å². The first-order valence-electron chi connectivity index (χ1n) is 4.30. The maximum Gasteiger partial charge on any atom is 0.0701 e. The molecule has 0 saturated heterocycles. The van der Waals surface area contributed by atoms with Crippen LogP contribution in [0.25, 0.3) is 0 Å². The van der Waals surface area contributed by atoms with Crippen LogP contribution in [0.1, 0.15) is 18.9 Å². The van der Waals surface area contributed by atoms with E-state index in [0.717, 1.165) is 19.5 Å². The zero-order valence-electron chi connectivity index (χ0n) is 7.59. The third kappa shape index (κ3) is 4.76. The molecule has 2 nitrogen and oxygen atoms in total. The summed E-state index contributed by atoms with van der Waals surface area (Å²) in [5.74, 6) is 0. The van der Waals surface area contributed by atoms with Crippen LogP contribution >= 0.6 is 27.3 Å². The lowest BCUT2D eigenvalue weighted by molar-refractivity contribution is 0.183. The topological polar surface area (TPSA) is 32.3 Å². The summed E-state index contributed by atoms with van der Waals surface area (Å²) in [6.07, 6.45) is 0.604. The minimum Gasteiger partial charge on any atom is -0.393 e. The van der Waals surface area contributed by atoms with Crippen LogP contribution in [0.4, 0.5) is 0 Å². The standard InChI is InChI=1S/C9H14BrNOS/c1-7(12)2-3-11-5-8-4-9(10)13-6-8/h4,6-7,11-12H,2-3,5H2,1H3. The van der Waals surface area contributed by atoms with Gasteiger partial charge in [-0.25, -0.2) is 0 Å². The molecule has 0 aliphatic heterocycles. The third-order valence-electron chi connectivity index (χ3n) is 1.69. The average Bonchev–Trinajstić information content (AvgIpc) is 2.45.